The fraction of sp³-hybridized carbons (Fsp3) is 0.412. The molecule has 0 spiro atoms. The van der Waals surface area contributed by atoms with Crippen LogP contribution in [0, 0.1) is 0 Å². The Hall–Kier alpha value is -1.57. The minimum Gasteiger partial charge on any atom is -0.351 e. The van der Waals surface area contributed by atoms with E-state index < -0.39 is 9.84 Å². The summed E-state index contributed by atoms with van der Waals surface area (Å²) in [6, 6.07) is 4.55. The number of rotatable bonds is 6. The van der Waals surface area contributed by atoms with E-state index in [2.05, 4.69) is 5.32 Å². The Morgan fingerprint density at radius 2 is 2.08 bits per heavy atom. The summed E-state index contributed by atoms with van der Waals surface area (Å²) in [6.07, 6.45) is 3.31. The molecular weight excluding hydrogens is 399 g/mol. The first kappa shape index (κ1) is 20.7. The second kappa shape index (κ2) is 8.88. The Morgan fingerprint density at radius 1 is 1.35 bits per heavy atom. The number of nitrogens with one attached hydrogen (secondary N) is 1. The van der Waals surface area contributed by atoms with Crippen LogP contribution in [0.4, 0.5) is 0 Å². The van der Waals surface area contributed by atoms with Crippen LogP contribution in [0.5, 0.6) is 0 Å². The summed E-state index contributed by atoms with van der Waals surface area (Å²) < 4.78 is 22.9. The predicted molar refractivity (Wildman–Crippen MR) is 103 cm³/mol. The van der Waals surface area contributed by atoms with Gasteiger partial charge in [0.1, 0.15) is 0 Å². The summed E-state index contributed by atoms with van der Waals surface area (Å²) in [7, 11) is -3.07. The highest BCUT2D eigenvalue weighted by Gasteiger charge is 2.29. The second-order valence-corrected chi connectivity index (χ2v) is 9.09. The molecule has 6 nitrogen and oxygen atoms in total. The first-order chi connectivity index (χ1) is 12.2. The number of nitrogens with zero attached hydrogens (tertiary/aromatic N) is 1. The van der Waals surface area contributed by atoms with Gasteiger partial charge in [0.2, 0.25) is 11.8 Å². The van der Waals surface area contributed by atoms with E-state index in [0.717, 1.165) is 0 Å². The molecule has 1 aliphatic rings. The lowest BCUT2D eigenvalue weighted by Gasteiger charge is -2.20. The molecule has 1 fully saturated rings. The highest BCUT2D eigenvalue weighted by Crippen LogP contribution is 2.22. The number of carbonyl (C=O) groups is 2. The van der Waals surface area contributed by atoms with E-state index in [4.69, 9.17) is 23.2 Å². The lowest BCUT2D eigenvalue weighted by molar-refractivity contribution is -0.132. The Balaban J connectivity index is 1.93. The van der Waals surface area contributed by atoms with E-state index in [1.165, 1.54) is 11.0 Å². The fourth-order valence-corrected chi connectivity index (χ4v) is 4.75. The smallest absolute Gasteiger partial charge is 0.247 e. The minimum absolute atomic E-state index is 0.0478. The van der Waals surface area contributed by atoms with Crippen molar-refractivity contribution in [3.05, 3.63) is 39.9 Å². The van der Waals surface area contributed by atoms with E-state index in [1.54, 1.807) is 31.2 Å². The fourth-order valence-electron chi connectivity index (χ4n) is 2.60. The van der Waals surface area contributed by atoms with Gasteiger partial charge in [-0.3, -0.25) is 9.59 Å². The number of hydrogen-bond acceptors (Lipinski definition) is 4. The zero-order chi connectivity index (χ0) is 19.3. The van der Waals surface area contributed by atoms with Crippen molar-refractivity contribution in [1.29, 1.82) is 0 Å². The molecule has 0 radical (unpaired) electrons. The Kier molecular flexibility index (Phi) is 7.08. The van der Waals surface area contributed by atoms with Crippen molar-refractivity contribution in [1.82, 2.24) is 10.2 Å². The normalized spacial score (nSPS) is 18.8. The summed E-state index contributed by atoms with van der Waals surface area (Å²) >= 11 is 11.9. The zero-order valence-corrected chi connectivity index (χ0v) is 16.6. The lowest BCUT2D eigenvalue weighted by Crippen LogP contribution is -2.44. The number of amides is 2. The average molecular weight is 419 g/mol. The highest BCUT2D eigenvalue weighted by atomic mass is 35.5. The van der Waals surface area contributed by atoms with Crippen LogP contribution in [-0.2, 0) is 19.4 Å². The summed E-state index contributed by atoms with van der Waals surface area (Å²) in [5, 5.41) is 3.59. The third kappa shape index (κ3) is 6.00. The maximum atomic E-state index is 12.3. The first-order valence-electron chi connectivity index (χ1n) is 8.12. The highest BCUT2D eigenvalue weighted by molar-refractivity contribution is 7.91. The SMILES string of the molecule is CCN(CC(=O)N[C@H]1CCS(=O)(=O)C1)C(=O)/C=C/c1ccc(Cl)cc1Cl. The van der Waals surface area contributed by atoms with Crippen molar-refractivity contribution >= 4 is 50.9 Å². The lowest BCUT2D eigenvalue weighted by atomic mass is 10.2. The molecule has 0 bridgehead atoms. The number of hydrogen-bond donors (Lipinski definition) is 1. The van der Waals surface area contributed by atoms with Crippen LogP contribution in [0.1, 0.15) is 18.9 Å². The van der Waals surface area contributed by atoms with Crippen LogP contribution in [0.2, 0.25) is 10.0 Å². The molecule has 1 heterocycles. The van der Waals surface area contributed by atoms with Gasteiger partial charge in [0.15, 0.2) is 9.84 Å². The first-order valence-corrected chi connectivity index (χ1v) is 10.7. The zero-order valence-electron chi connectivity index (χ0n) is 14.2. The summed E-state index contributed by atoms with van der Waals surface area (Å²) in [4.78, 5) is 25.7. The van der Waals surface area contributed by atoms with Crippen LogP contribution in [0.3, 0.4) is 0 Å². The molecule has 0 unspecified atom stereocenters. The molecule has 26 heavy (non-hydrogen) atoms. The predicted octanol–water partition coefficient (Wildman–Crippen LogP) is 2.16. The van der Waals surface area contributed by atoms with Gasteiger partial charge in [0, 0.05) is 28.7 Å². The van der Waals surface area contributed by atoms with E-state index in [1.807, 2.05) is 0 Å². The van der Waals surface area contributed by atoms with Crippen molar-refractivity contribution in [2.24, 2.45) is 0 Å². The molecule has 142 valence electrons. The molecule has 1 atom stereocenters. The average Bonchev–Trinajstić information content (AvgIpc) is 2.90. The summed E-state index contributed by atoms with van der Waals surface area (Å²) in [5.74, 6) is -0.680. The number of carbonyl (C=O) groups excluding carboxylic acids is 2. The summed E-state index contributed by atoms with van der Waals surface area (Å²) in [5.41, 5.74) is 0.640. The molecule has 1 N–H and O–H groups in total. The molecule has 9 heteroatoms. The Morgan fingerprint density at radius 3 is 2.65 bits per heavy atom. The molecule has 1 aromatic rings. The van der Waals surface area contributed by atoms with Crippen LogP contribution >= 0.6 is 23.2 Å². The van der Waals surface area contributed by atoms with E-state index in [0.29, 0.717) is 28.6 Å². The van der Waals surface area contributed by atoms with Crippen molar-refractivity contribution in [2.75, 3.05) is 24.6 Å². The summed E-state index contributed by atoms with van der Waals surface area (Å²) in [6.45, 7) is 1.97. The Labute approximate surface area is 163 Å². The topological polar surface area (TPSA) is 83.6 Å². The molecule has 1 saturated heterocycles. The third-order valence-corrected chi connectivity index (χ3v) is 6.32. The number of likely N-dealkylation sites (N-methyl/N-ethyl adjacent to an activating group) is 1. The molecule has 1 aromatic carbocycles. The van der Waals surface area contributed by atoms with Crippen LogP contribution in [0.15, 0.2) is 24.3 Å². The molecule has 0 aliphatic carbocycles. The van der Waals surface area contributed by atoms with E-state index >= 15 is 0 Å². The van der Waals surface area contributed by atoms with Gasteiger partial charge in [-0.05, 0) is 37.1 Å². The van der Waals surface area contributed by atoms with Crippen molar-refractivity contribution in [2.45, 2.75) is 19.4 Å². The monoisotopic (exact) mass is 418 g/mol. The standard InChI is InChI=1S/C17H20Cl2N2O4S/c1-2-21(10-16(22)20-14-7-8-26(24,25)11-14)17(23)6-4-12-3-5-13(18)9-15(12)19/h3-6,9,14H,2,7-8,10-11H2,1H3,(H,20,22)/b6-4+/t14-/m0/s1. The van der Waals surface area contributed by atoms with E-state index in [-0.39, 0.29) is 35.9 Å². The van der Waals surface area contributed by atoms with Crippen LogP contribution in [0.25, 0.3) is 6.08 Å². The molecular formula is C17H20Cl2N2O4S. The maximum Gasteiger partial charge on any atom is 0.247 e. The van der Waals surface area contributed by atoms with Crippen molar-refractivity contribution in [3.63, 3.8) is 0 Å². The van der Waals surface area contributed by atoms with Crippen LogP contribution in [-0.4, -0.2) is 55.8 Å². The van der Waals surface area contributed by atoms with Gasteiger partial charge in [0.25, 0.3) is 0 Å². The van der Waals surface area contributed by atoms with E-state index in [9.17, 15) is 18.0 Å². The number of halogens is 2. The maximum absolute atomic E-state index is 12.3. The number of sulfone groups is 1. The molecule has 2 amide bonds. The molecule has 2 rings (SSSR count). The molecule has 0 aromatic heterocycles. The van der Waals surface area contributed by atoms with Gasteiger partial charge < -0.3 is 10.2 Å². The van der Waals surface area contributed by atoms with Gasteiger partial charge in [-0.2, -0.15) is 0 Å². The number of benzene rings is 1. The van der Waals surface area contributed by atoms with Crippen LogP contribution < -0.4 is 5.32 Å². The third-order valence-electron chi connectivity index (χ3n) is 3.99. The van der Waals surface area contributed by atoms with Gasteiger partial charge in [-0.15, -0.1) is 0 Å². The molecule has 0 saturated carbocycles. The minimum atomic E-state index is -3.07. The molecule has 1 aliphatic heterocycles. The van der Waals surface area contributed by atoms with Gasteiger partial charge >= 0.3 is 0 Å². The second-order valence-electron chi connectivity index (χ2n) is 6.02. The van der Waals surface area contributed by atoms with Gasteiger partial charge in [0.05, 0.1) is 18.1 Å². The van der Waals surface area contributed by atoms with Gasteiger partial charge in [-0.25, -0.2) is 8.42 Å². The van der Waals surface area contributed by atoms with Gasteiger partial charge in [-0.1, -0.05) is 29.3 Å². The quantitative estimate of drug-likeness (QED) is 0.717. The van der Waals surface area contributed by atoms with Crippen molar-refractivity contribution < 1.29 is 18.0 Å². The van der Waals surface area contributed by atoms with Crippen molar-refractivity contribution in [3.8, 4) is 0 Å². The largest absolute Gasteiger partial charge is 0.351 e. The Bertz CT molecular complexity index is 824.